The molecule has 0 spiro atoms. The zero-order chi connectivity index (χ0) is 17.1. The number of nitrogens with zero attached hydrogens (tertiary/aromatic N) is 2. The number of piperidine rings is 1. The first-order chi connectivity index (χ1) is 10.6. The van der Waals surface area contributed by atoms with Crippen LogP contribution in [-0.4, -0.2) is 71.2 Å². The van der Waals surface area contributed by atoms with Crippen molar-refractivity contribution in [3.05, 3.63) is 10.6 Å². The van der Waals surface area contributed by atoms with Crippen molar-refractivity contribution in [1.29, 1.82) is 0 Å². The van der Waals surface area contributed by atoms with Gasteiger partial charge in [-0.3, -0.25) is 14.5 Å². The molecular weight excluding hydrogens is 346 g/mol. The molecule has 0 aromatic rings. The average molecular weight is 361 g/mol. The van der Waals surface area contributed by atoms with Crippen molar-refractivity contribution in [2.24, 2.45) is 11.7 Å². The number of carboxylic acids is 1. The molecule has 3 rings (SSSR count). The number of carbonyl (C=O) groups is 3. The van der Waals surface area contributed by atoms with E-state index < -0.39 is 39.9 Å². The van der Waals surface area contributed by atoms with Gasteiger partial charge in [-0.25, -0.2) is 13.2 Å². The van der Waals surface area contributed by atoms with Crippen LogP contribution in [0, 0.1) is 5.92 Å². The van der Waals surface area contributed by atoms with Crippen LogP contribution in [0.25, 0.3) is 0 Å². The minimum atomic E-state index is -3.55. The van der Waals surface area contributed by atoms with Crippen LogP contribution < -0.4 is 5.73 Å². The lowest BCUT2D eigenvalue weighted by Crippen LogP contribution is -2.73. The maximum absolute atomic E-state index is 12.3. The quantitative estimate of drug-likeness (QED) is 0.561. The standard InChI is InChI=1S/C12H15N3O6S2/c1-23(20,21)14-3-2-5-7-8(14)11(17)15(7)9(12(18)19)10(5)22-4-6(13)16/h5,7-8H,2-4H2,1H3,(H2,13,16)(H,18,19)/t5?,7-,8+/m1/s1. The summed E-state index contributed by atoms with van der Waals surface area (Å²) in [5, 5.41) is 9.42. The summed E-state index contributed by atoms with van der Waals surface area (Å²) < 4.78 is 24.8. The summed E-state index contributed by atoms with van der Waals surface area (Å²) in [6.45, 7) is 0.151. The van der Waals surface area contributed by atoms with E-state index in [0.717, 1.165) is 27.2 Å². The molecule has 11 heteroatoms. The number of amides is 2. The molecule has 3 aliphatic heterocycles. The lowest BCUT2D eigenvalue weighted by atomic mass is 9.82. The third-order valence-corrected chi connectivity index (χ3v) is 6.80. The van der Waals surface area contributed by atoms with Gasteiger partial charge in [-0.1, -0.05) is 0 Å². The molecule has 3 atom stereocenters. The molecule has 3 heterocycles. The molecule has 1 unspecified atom stereocenters. The number of nitrogens with two attached hydrogens (primary N) is 1. The summed E-state index contributed by atoms with van der Waals surface area (Å²) in [6, 6.07) is -1.36. The number of β-lactam (4-membered cyclic amide) rings is 1. The van der Waals surface area contributed by atoms with E-state index in [0.29, 0.717) is 11.3 Å². The Hall–Kier alpha value is -1.59. The number of hydrogen-bond acceptors (Lipinski definition) is 6. The minimum Gasteiger partial charge on any atom is -0.477 e. The minimum absolute atomic E-state index is 0.0855. The molecule has 126 valence electrons. The van der Waals surface area contributed by atoms with Crippen molar-refractivity contribution in [2.75, 3.05) is 18.6 Å². The highest BCUT2D eigenvalue weighted by atomic mass is 32.2. The molecule has 0 aromatic carbocycles. The fourth-order valence-electron chi connectivity index (χ4n) is 3.51. The third-order valence-electron chi connectivity index (χ3n) is 4.30. The fraction of sp³-hybridized carbons (Fsp3) is 0.583. The van der Waals surface area contributed by atoms with Gasteiger partial charge in [0.05, 0.1) is 18.1 Å². The monoisotopic (exact) mass is 361 g/mol. The first kappa shape index (κ1) is 16.3. The number of carboxylic acid groups (broad SMARTS) is 1. The number of carbonyl (C=O) groups excluding carboxylic acids is 2. The number of sulfonamides is 1. The molecule has 3 aliphatic rings. The van der Waals surface area contributed by atoms with Crippen LogP contribution in [0.3, 0.4) is 0 Å². The van der Waals surface area contributed by atoms with Crippen molar-refractivity contribution in [3.63, 3.8) is 0 Å². The number of thioether (sulfide) groups is 1. The van der Waals surface area contributed by atoms with Gasteiger partial charge in [-0.05, 0) is 6.42 Å². The second-order valence-corrected chi connectivity index (χ2v) is 8.64. The molecular formula is C12H15N3O6S2. The Bertz CT molecular complexity index is 746. The van der Waals surface area contributed by atoms with Crippen LogP contribution in [0.5, 0.6) is 0 Å². The molecule has 3 N–H and O–H groups in total. The average Bonchev–Trinajstić information content (AvgIpc) is 2.75. The maximum atomic E-state index is 12.3. The molecule has 0 saturated carbocycles. The van der Waals surface area contributed by atoms with Crippen LogP contribution in [-0.2, 0) is 24.4 Å². The van der Waals surface area contributed by atoms with Gasteiger partial charge in [0.2, 0.25) is 21.8 Å². The largest absolute Gasteiger partial charge is 0.477 e. The zero-order valence-corrected chi connectivity index (χ0v) is 13.8. The Kier molecular flexibility index (Phi) is 3.69. The van der Waals surface area contributed by atoms with E-state index in [1.54, 1.807) is 0 Å². The third kappa shape index (κ3) is 2.34. The normalized spacial score (nSPS) is 30.2. The smallest absolute Gasteiger partial charge is 0.353 e. The fourth-order valence-corrected chi connectivity index (χ4v) is 5.66. The molecule has 0 radical (unpaired) electrons. The van der Waals surface area contributed by atoms with E-state index in [1.807, 2.05) is 0 Å². The van der Waals surface area contributed by atoms with Crippen LogP contribution in [0.4, 0.5) is 0 Å². The lowest BCUT2D eigenvalue weighted by molar-refractivity contribution is -0.158. The predicted molar refractivity (Wildman–Crippen MR) is 80.4 cm³/mol. The van der Waals surface area contributed by atoms with Crippen molar-refractivity contribution >= 4 is 39.6 Å². The first-order valence-electron chi connectivity index (χ1n) is 6.83. The topological polar surface area (TPSA) is 138 Å². The summed E-state index contributed by atoms with van der Waals surface area (Å²) in [5.41, 5.74) is 4.96. The Balaban J connectivity index is 1.97. The lowest BCUT2D eigenvalue weighted by Gasteiger charge is -2.52. The van der Waals surface area contributed by atoms with Gasteiger partial charge in [-0.2, -0.15) is 4.31 Å². The summed E-state index contributed by atoms with van der Waals surface area (Å²) in [4.78, 5) is 36.5. The Labute approximate surface area is 136 Å². The van der Waals surface area contributed by atoms with E-state index in [-0.39, 0.29) is 23.9 Å². The SMILES string of the molecule is CS(=O)(=O)N1CCC2C(SCC(N)=O)=C(C(=O)O)N3C(=O)[C@@H]1[C@@H]23. The summed E-state index contributed by atoms with van der Waals surface area (Å²) >= 11 is 1.02. The van der Waals surface area contributed by atoms with Crippen LogP contribution in [0.15, 0.2) is 10.6 Å². The van der Waals surface area contributed by atoms with Crippen molar-refractivity contribution in [1.82, 2.24) is 9.21 Å². The van der Waals surface area contributed by atoms with Crippen molar-refractivity contribution < 1.29 is 27.9 Å². The molecule has 23 heavy (non-hydrogen) atoms. The number of hydrogen-bond donors (Lipinski definition) is 2. The highest BCUT2D eigenvalue weighted by molar-refractivity contribution is 8.03. The Morgan fingerprint density at radius 1 is 1.43 bits per heavy atom. The summed E-state index contributed by atoms with van der Waals surface area (Å²) in [5.74, 6) is -2.73. The van der Waals surface area contributed by atoms with Gasteiger partial charge in [0, 0.05) is 17.4 Å². The number of rotatable bonds is 5. The second kappa shape index (κ2) is 5.21. The Morgan fingerprint density at radius 2 is 2.09 bits per heavy atom. The molecule has 2 fully saturated rings. The predicted octanol–water partition coefficient (Wildman–Crippen LogP) is -1.62. The van der Waals surface area contributed by atoms with E-state index in [9.17, 15) is 27.9 Å². The van der Waals surface area contributed by atoms with Gasteiger partial charge in [0.1, 0.15) is 11.7 Å². The summed E-state index contributed by atoms with van der Waals surface area (Å²) in [7, 11) is -3.55. The second-order valence-electron chi connectivity index (χ2n) is 5.69. The molecule has 0 aliphatic carbocycles. The van der Waals surface area contributed by atoms with Gasteiger partial charge >= 0.3 is 5.97 Å². The van der Waals surface area contributed by atoms with Gasteiger partial charge in [-0.15, -0.1) is 11.8 Å². The molecule has 2 saturated heterocycles. The number of aliphatic carboxylic acids is 1. The molecule has 2 amide bonds. The van der Waals surface area contributed by atoms with E-state index in [2.05, 4.69) is 0 Å². The van der Waals surface area contributed by atoms with E-state index >= 15 is 0 Å². The van der Waals surface area contributed by atoms with E-state index in [4.69, 9.17) is 5.73 Å². The molecule has 0 bridgehead atoms. The summed E-state index contributed by atoms with van der Waals surface area (Å²) in [6.07, 6.45) is 1.43. The first-order valence-corrected chi connectivity index (χ1v) is 9.66. The number of primary amides is 1. The van der Waals surface area contributed by atoms with Gasteiger partial charge in [0.15, 0.2) is 0 Å². The van der Waals surface area contributed by atoms with Crippen LogP contribution >= 0.6 is 11.8 Å². The van der Waals surface area contributed by atoms with Crippen LogP contribution in [0.2, 0.25) is 0 Å². The van der Waals surface area contributed by atoms with Crippen molar-refractivity contribution in [2.45, 2.75) is 18.5 Å². The molecule has 0 aromatic heterocycles. The van der Waals surface area contributed by atoms with E-state index in [1.165, 1.54) is 0 Å². The Morgan fingerprint density at radius 3 is 2.61 bits per heavy atom. The maximum Gasteiger partial charge on any atom is 0.353 e. The van der Waals surface area contributed by atoms with Crippen LogP contribution in [0.1, 0.15) is 6.42 Å². The molecule has 9 nitrogen and oxygen atoms in total. The zero-order valence-electron chi connectivity index (χ0n) is 12.1. The highest BCUT2D eigenvalue weighted by Gasteiger charge is 2.65. The van der Waals surface area contributed by atoms with Crippen molar-refractivity contribution in [3.8, 4) is 0 Å². The van der Waals surface area contributed by atoms with Gasteiger partial charge < -0.3 is 10.8 Å². The highest BCUT2D eigenvalue weighted by Crippen LogP contribution is 2.52. The van der Waals surface area contributed by atoms with Gasteiger partial charge in [0.25, 0.3) is 0 Å².